The topological polar surface area (TPSA) is 9.23 Å². The quantitative estimate of drug-likeness (QED) is 0.392. The molecule has 64 valence electrons. The highest BCUT2D eigenvalue weighted by molar-refractivity contribution is 9.09. The molecule has 1 saturated carbocycles. The third-order valence-electron chi connectivity index (χ3n) is 2.49. The smallest absolute Gasteiger partial charge is 0.0645 e. The molecule has 0 heterocycles. The van der Waals surface area contributed by atoms with Crippen LogP contribution in [0.4, 0.5) is 0 Å². The van der Waals surface area contributed by atoms with Crippen molar-refractivity contribution in [3.8, 4) is 0 Å². The average Bonchev–Trinajstić information content (AvgIpc) is 2.64. The minimum atomic E-state index is 0.447. The van der Waals surface area contributed by atoms with Gasteiger partial charge < -0.3 is 4.74 Å². The second kappa shape index (κ2) is 3.72. The number of hydrogen-bond donors (Lipinski definition) is 0. The van der Waals surface area contributed by atoms with E-state index in [-0.39, 0.29) is 0 Å². The van der Waals surface area contributed by atoms with E-state index in [0.717, 1.165) is 17.9 Å². The SMILES string of the molecule is C=CCOCC1(CBr)CC1C. The molecule has 0 bridgehead atoms. The van der Waals surface area contributed by atoms with E-state index in [0.29, 0.717) is 12.0 Å². The lowest BCUT2D eigenvalue weighted by molar-refractivity contribution is 0.116. The standard InChI is InChI=1S/C9H15BrO/c1-3-4-11-7-9(6-10)5-8(9)2/h3,8H,1,4-7H2,2H3. The normalized spacial score (nSPS) is 35.3. The summed E-state index contributed by atoms with van der Waals surface area (Å²) in [5.41, 5.74) is 0.447. The first-order chi connectivity index (χ1) is 5.25. The first-order valence-electron chi connectivity index (χ1n) is 4.00. The zero-order chi connectivity index (χ0) is 8.32. The predicted octanol–water partition coefficient (Wildman–Crippen LogP) is 2.61. The van der Waals surface area contributed by atoms with Crippen molar-refractivity contribution in [2.75, 3.05) is 18.5 Å². The van der Waals surface area contributed by atoms with Gasteiger partial charge in [-0.25, -0.2) is 0 Å². The third-order valence-corrected chi connectivity index (χ3v) is 3.61. The Morgan fingerprint density at radius 1 is 1.82 bits per heavy atom. The van der Waals surface area contributed by atoms with E-state index in [1.807, 2.05) is 0 Å². The highest BCUT2D eigenvalue weighted by Gasteiger charge is 2.50. The molecule has 0 aromatic carbocycles. The fourth-order valence-electron chi connectivity index (χ4n) is 1.32. The maximum absolute atomic E-state index is 5.42. The van der Waals surface area contributed by atoms with Gasteiger partial charge in [-0.3, -0.25) is 0 Å². The Kier molecular flexibility index (Phi) is 3.14. The van der Waals surface area contributed by atoms with Crippen molar-refractivity contribution in [1.29, 1.82) is 0 Å². The summed E-state index contributed by atoms with van der Waals surface area (Å²) in [5.74, 6) is 0.826. The molecule has 2 heteroatoms. The van der Waals surface area contributed by atoms with Crippen LogP contribution in [0.2, 0.25) is 0 Å². The number of halogens is 1. The maximum atomic E-state index is 5.42. The van der Waals surface area contributed by atoms with Crippen molar-refractivity contribution in [1.82, 2.24) is 0 Å². The van der Waals surface area contributed by atoms with Crippen LogP contribution >= 0.6 is 15.9 Å². The summed E-state index contributed by atoms with van der Waals surface area (Å²) in [6.45, 7) is 7.45. The second-order valence-electron chi connectivity index (χ2n) is 3.40. The van der Waals surface area contributed by atoms with Crippen LogP contribution in [0.1, 0.15) is 13.3 Å². The van der Waals surface area contributed by atoms with Crippen molar-refractivity contribution < 1.29 is 4.74 Å². The summed E-state index contributed by atoms with van der Waals surface area (Å²) in [7, 11) is 0. The first-order valence-corrected chi connectivity index (χ1v) is 5.12. The zero-order valence-electron chi connectivity index (χ0n) is 6.98. The maximum Gasteiger partial charge on any atom is 0.0645 e. The Bertz CT molecular complexity index is 142. The number of ether oxygens (including phenoxy) is 1. The van der Waals surface area contributed by atoms with E-state index in [1.54, 1.807) is 6.08 Å². The molecule has 0 aromatic rings. The van der Waals surface area contributed by atoms with Crippen molar-refractivity contribution in [2.45, 2.75) is 13.3 Å². The fraction of sp³-hybridized carbons (Fsp3) is 0.778. The van der Waals surface area contributed by atoms with Crippen LogP contribution < -0.4 is 0 Å². The highest BCUT2D eigenvalue weighted by Crippen LogP contribution is 2.53. The number of alkyl halides is 1. The number of rotatable bonds is 5. The molecule has 0 amide bonds. The lowest BCUT2D eigenvalue weighted by atomic mass is 10.1. The molecular formula is C9H15BrO. The van der Waals surface area contributed by atoms with Gasteiger partial charge in [-0.05, 0) is 12.3 Å². The van der Waals surface area contributed by atoms with Crippen LogP contribution in [0, 0.1) is 11.3 Å². The molecule has 0 N–H and O–H groups in total. The summed E-state index contributed by atoms with van der Waals surface area (Å²) in [5, 5.41) is 1.07. The van der Waals surface area contributed by atoms with Gasteiger partial charge in [-0.1, -0.05) is 28.9 Å². The van der Waals surface area contributed by atoms with E-state index in [1.165, 1.54) is 6.42 Å². The van der Waals surface area contributed by atoms with Gasteiger partial charge in [0.1, 0.15) is 0 Å². The highest BCUT2D eigenvalue weighted by atomic mass is 79.9. The summed E-state index contributed by atoms with van der Waals surface area (Å²) >= 11 is 3.52. The van der Waals surface area contributed by atoms with Gasteiger partial charge in [0.05, 0.1) is 13.2 Å². The molecule has 1 rings (SSSR count). The summed E-state index contributed by atoms with van der Waals surface area (Å²) in [4.78, 5) is 0. The van der Waals surface area contributed by atoms with E-state index in [4.69, 9.17) is 4.74 Å². The van der Waals surface area contributed by atoms with E-state index in [9.17, 15) is 0 Å². The van der Waals surface area contributed by atoms with Gasteiger partial charge >= 0.3 is 0 Å². The van der Waals surface area contributed by atoms with Crippen molar-refractivity contribution >= 4 is 15.9 Å². The predicted molar refractivity (Wildman–Crippen MR) is 51.0 cm³/mol. The van der Waals surface area contributed by atoms with Gasteiger partial charge in [0.25, 0.3) is 0 Å². The summed E-state index contributed by atoms with van der Waals surface area (Å²) < 4.78 is 5.42. The van der Waals surface area contributed by atoms with Crippen LogP contribution in [0.15, 0.2) is 12.7 Å². The van der Waals surface area contributed by atoms with Gasteiger partial charge in [-0.2, -0.15) is 0 Å². The molecule has 11 heavy (non-hydrogen) atoms. The molecule has 0 aromatic heterocycles. The number of hydrogen-bond acceptors (Lipinski definition) is 1. The largest absolute Gasteiger partial charge is 0.377 e. The molecule has 0 spiro atoms. The van der Waals surface area contributed by atoms with E-state index in [2.05, 4.69) is 29.4 Å². The fourth-order valence-corrected chi connectivity index (χ4v) is 2.27. The monoisotopic (exact) mass is 218 g/mol. The molecule has 1 nitrogen and oxygen atoms in total. The van der Waals surface area contributed by atoms with Crippen LogP contribution in [-0.4, -0.2) is 18.5 Å². The molecule has 1 aliphatic rings. The van der Waals surface area contributed by atoms with Crippen LogP contribution in [0.3, 0.4) is 0 Å². The average molecular weight is 219 g/mol. The van der Waals surface area contributed by atoms with Gasteiger partial charge in [-0.15, -0.1) is 6.58 Å². The zero-order valence-corrected chi connectivity index (χ0v) is 8.56. The van der Waals surface area contributed by atoms with Gasteiger partial charge in [0.2, 0.25) is 0 Å². The Labute approximate surface area is 76.9 Å². The van der Waals surface area contributed by atoms with Crippen molar-refractivity contribution in [2.24, 2.45) is 11.3 Å². The first kappa shape index (κ1) is 9.27. The van der Waals surface area contributed by atoms with Gasteiger partial charge in [0, 0.05) is 10.7 Å². The van der Waals surface area contributed by atoms with Crippen LogP contribution in [0.25, 0.3) is 0 Å². The lowest BCUT2D eigenvalue weighted by Crippen LogP contribution is -2.14. The van der Waals surface area contributed by atoms with Crippen LogP contribution in [-0.2, 0) is 4.74 Å². The molecule has 0 saturated heterocycles. The molecule has 1 fully saturated rings. The van der Waals surface area contributed by atoms with Crippen molar-refractivity contribution in [3.05, 3.63) is 12.7 Å². The molecular weight excluding hydrogens is 204 g/mol. The lowest BCUT2D eigenvalue weighted by Gasteiger charge is -2.11. The van der Waals surface area contributed by atoms with E-state index < -0.39 is 0 Å². The molecule has 0 radical (unpaired) electrons. The summed E-state index contributed by atoms with van der Waals surface area (Å²) in [6.07, 6.45) is 3.10. The van der Waals surface area contributed by atoms with Crippen molar-refractivity contribution in [3.63, 3.8) is 0 Å². The molecule has 2 unspecified atom stereocenters. The van der Waals surface area contributed by atoms with E-state index >= 15 is 0 Å². The Hall–Kier alpha value is 0.180. The Balaban J connectivity index is 2.19. The summed E-state index contributed by atoms with van der Waals surface area (Å²) in [6, 6.07) is 0. The molecule has 1 aliphatic carbocycles. The molecule has 0 aliphatic heterocycles. The minimum absolute atomic E-state index is 0.447. The second-order valence-corrected chi connectivity index (χ2v) is 3.97. The van der Waals surface area contributed by atoms with Crippen LogP contribution in [0.5, 0.6) is 0 Å². The third kappa shape index (κ3) is 2.06. The Morgan fingerprint density at radius 3 is 2.82 bits per heavy atom. The molecule has 2 atom stereocenters. The van der Waals surface area contributed by atoms with Gasteiger partial charge in [0.15, 0.2) is 0 Å². The minimum Gasteiger partial charge on any atom is -0.377 e. The Morgan fingerprint density at radius 2 is 2.45 bits per heavy atom.